The Kier molecular flexibility index (Phi) is 4.25. The van der Waals surface area contributed by atoms with E-state index in [1.165, 1.54) is 18.2 Å². The molecule has 0 saturated carbocycles. The molecule has 0 heterocycles. The van der Waals surface area contributed by atoms with Gasteiger partial charge in [-0.25, -0.2) is 4.79 Å². The number of nitro benzene ring substituents is 1. The van der Waals surface area contributed by atoms with Crippen molar-refractivity contribution in [2.75, 3.05) is 5.32 Å². The molecule has 2 N–H and O–H groups in total. The van der Waals surface area contributed by atoms with Gasteiger partial charge in [0.25, 0.3) is 5.69 Å². The lowest BCUT2D eigenvalue weighted by Crippen LogP contribution is -2.22. The maximum atomic E-state index is 10.9. The van der Waals surface area contributed by atoms with Crippen molar-refractivity contribution in [1.29, 1.82) is 0 Å². The third kappa shape index (κ3) is 3.19. The summed E-state index contributed by atoms with van der Waals surface area (Å²) in [7, 11) is 0. The van der Waals surface area contributed by atoms with Crippen LogP contribution in [0.3, 0.4) is 0 Å². The summed E-state index contributed by atoms with van der Waals surface area (Å²) in [6.07, 6.45) is 0. The van der Waals surface area contributed by atoms with Gasteiger partial charge in [0.15, 0.2) is 0 Å². The predicted octanol–water partition coefficient (Wildman–Crippen LogP) is 2.75. The number of anilines is 1. The fourth-order valence-corrected chi connectivity index (χ4v) is 1.36. The minimum atomic E-state index is -1.11. The van der Waals surface area contributed by atoms with Crippen LogP contribution in [0.5, 0.6) is 0 Å². The molecule has 18 heavy (non-hydrogen) atoms. The van der Waals surface area contributed by atoms with Crippen LogP contribution in [0.2, 0.25) is 0 Å². The maximum absolute atomic E-state index is 10.9. The number of rotatable bonds is 5. The third-order valence-corrected chi connectivity index (χ3v) is 2.82. The molecule has 0 bridgehead atoms. The van der Waals surface area contributed by atoms with Gasteiger partial charge in [-0.1, -0.05) is 13.8 Å². The van der Waals surface area contributed by atoms with E-state index in [4.69, 9.17) is 5.11 Å². The summed E-state index contributed by atoms with van der Waals surface area (Å²) in [5, 5.41) is 22.7. The van der Waals surface area contributed by atoms with Gasteiger partial charge < -0.3 is 10.4 Å². The zero-order valence-electron chi connectivity index (χ0n) is 10.5. The first-order valence-corrected chi connectivity index (χ1v) is 5.61. The van der Waals surface area contributed by atoms with Crippen molar-refractivity contribution in [3.8, 4) is 0 Å². The number of carboxylic acid groups (broad SMARTS) is 1. The molecular weight excluding hydrogens is 236 g/mol. The van der Waals surface area contributed by atoms with Crippen LogP contribution in [0.25, 0.3) is 0 Å². The van der Waals surface area contributed by atoms with Crippen LogP contribution in [-0.4, -0.2) is 22.0 Å². The first-order valence-electron chi connectivity index (χ1n) is 5.61. The highest BCUT2D eigenvalue weighted by atomic mass is 16.6. The topological polar surface area (TPSA) is 92.5 Å². The number of hydrogen-bond donors (Lipinski definition) is 2. The molecule has 0 radical (unpaired) electrons. The SMILES string of the molecule is CC(C)C(C)Nc1cc(C(=O)O)ccc1[N+](=O)[O-]. The number of aromatic carboxylic acids is 1. The van der Waals surface area contributed by atoms with Gasteiger partial charge in [-0.3, -0.25) is 10.1 Å². The number of nitro groups is 1. The number of nitrogens with zero attached hydrogens (tertiary/aromatic N) is 1. The Labute approximate surface area is 105 Å². The Hall–Kier alpha value is -2.11. The Morgan fingerprint density at radius 1 is 1.39 bits per heavy atom. The van der Waals surface area contributed by atoms with E-state index in [-0.39, 0.29) is 28.9 Å². The van der Waals surface area contributed by atoms with Crippen LogP contribution in [0.1, 0.15) is 31.1 Å². The minimum Gasteiger partial charge on any atom is -0.478 e. The van der Waals surface area contributed by atoms with Gasteiger partial charge in [0.1, 0.15) is 5.69 Å². The van der Waals surface area contributed by atoms with Crippen LogP contribution >= 0.6 is 0 Å². The Morgan fingerprint density at radius 3 is 2.44 bits per heavy atom. The largest absolute Gasteiger partial charge is 0.478 e. The zero-order valence-corrected chi connectivity index (χ0v) is 10.5. The van der Waals surface area contributed by atoms with E-state index in [0.29, 0.717) is 0 Å². The van der Waals surface area contributed by atoms with Crippen molar-refractivity contribution in [1.82, 2.24) is 0 Å². The van der Waals surface area contributed by atoms with Crippen LogP contribution in [0, 0.1) is 16.0 Å². The van der Waals surface area contributed by atoms with Gasteiger partial charge in [0, 0.05) is 12.1 Å². The molecule has 6 heteroatoms. The van der Waals surface area contributed by atoms with Gasteiger partial charge in [-0.05, 0) is 25.0 Å². The summed E-state index contributed by atoms with van der Waals surface area (Å²) in [6, 6.07) is 3.73. The lowest BCUT2D eigenvalue weighted by atomic mass is 10.1. The highest BCUT2D eigenvalue weighted by molar-refractivity contribution is 5.90. The second kappa shape index (κ2) is 5.48. The molecule has 0 spiro atoms. The molecule has 1 aromatic rings. The summed E-state index contributed by atoms with van der Waals surface area (Å²) in [5.41, 5.74) is 0.146. The van der Waals surface area contributed by atoms with E-state index >= 15 is 0 Å². The summed E-state index contributed by atoms with van der Waals surface area (Å²) in [4.78, 5) is 21.2. The van der Waals surface area contributed by atoms with E-state index in [9.17, 15) is 14.9 Å². The van der Waals surface area contributed by atoms with Crippen molar-refractivity contribution >= 4 is 17.3 Å². The smallest absolute Gasteiger partial charge is 0.335 e. The molecule has 0 aliphatic carbocycles. The second-order valence-electron chi connectivity index (χ2n) is 4.47. The highest BCUT2D eigenvalue weighted by Crippen LogP contribution is 2.27. The van der Waals surface area contributed by atoms with E-state index < -0.39 is 10.9 Å². The summed E-state index contributed by atoms with van der Waals surface area (Å²) in [6.45, 7) is 5.84. The monoisotopic (exact) mass is 252 g/mol. The lowest BCUT2D eigenvalue weighted by molar-refractivity contribution is -0.384. The van der Waals surface area contributed by atoms with E-state index in [0.717, 1.165) is 0 Å². The molecule has 98 valence electrons. The highest BCUT2D eigenvalue weighted by Gasteiger charge is 2.18. The Bertz CT molecular complexity index is 471. The van der Waals surface area contributed by atoms with Crippen molar-refractivity contribution in [2.24, 2.45) is 5.92 Å². The molecule has 0 amide bonds. The average Bonchev–Trinajstić information content (AvgIpc) is 2.28. The standard InChI is InChI=1S/C12H16N2O4/c1-7(2)8(3)13-10-6-9(12(15)16)4-5-11(10)14(17)18/h4-8,13H,1-3H3,(H,15,16). The Balaban J connectivity index is 3.15. The van der Waals surface area contributed by atoms with Gasteiger partial charge >= 0.3 is 5.97 Å². The van der Waals surface area contributed by atoms with Crippen molar-refractivity contribution in [2.45, 2.75) is 26.8 Å². The van der Waals surface area contributed by atoms with E-state index in [2.05, 4.69) is 5.32 Å². The van der Waals surface area contributed by atoms with E-state index in [1.807, 2.05) is 20.8 Å². The van der Waals surface area contributed by atoms with Crippen LogP contribution in [0.15, 0.2) is 18.2 Å². The number of nitrogens with one attached hydrogen (secondary N) is 1. The average molecular weight is 252 g/mol. The maximum Gasteiger partial charge on any atom is 0.335 e. The van der Waals surface area contributed by atoms with Crippen LogP contribution in [0.4, 0.5) is 11.4 Å². The van der Waals surface area contributed by atoms with Crippen LogP contribution < -0.4 is 5.32 Å². The molecule has 0 aromatic heterocycles. The molecule has 6 nitrogen and oxygen atoms in total. The zero-order chi connectivity index (χ0) is 13.9. The Morgan fingerprint density at radius 2 is 2.00 bits per heavy atom. The second-order valence-corrected chi connectivity index (χ2v) is 4.47. The summed E-state index contributed by atoms with van der Waals surface area (Å²) >= 11 is 0. The van der Waals surface area contributed by atoms with Gasteiger partial charge in [-0.2, -0.15) is 0 Å². The molecule has 0 aliphatic heterocycles. The molecule has 1 unspecified atom stereocenters. The molecule has 0 saturated heterocycles. The van der Waals surface area contributed by atoms with Gasteiger partial charge in [0.05, 0.1) is 10.5 Å². The van der Waals surface area contributed by atoms with Crippen LogP contribution in [-0.2, 0) is 0 Å². The molecule has 1 rings (SSSR count). The van der Waals surface area contributed by atoms with Gasteiger partial charge in [0.2, 0.25) is 0 Å². The van der Waals surface area contributed by atoms with Crippen molar-refractivity contribution < 1.29 is 14.8 Å². The summed E-state index contributed by atoms with van der Waals surface area (Å²) < 4.78 is 0. The first kappa shape index (κ1) is 14.0. The normalized spacial score (nSPS) is 12.2. The minimum absolute atomic E-state index is 0.00717. The van der Waals surface area contributed by atoms with Crippen molar-refractivity contribution in [3.05, 3.63) is 33.9 Å². The molecule has 0 aliphatic rings. The number of benzene rings is 1. The fraction of sp³-hybridized carbons (Fsp3) is 0.417. The first-order chi connectivity index (χ1) is 8.32. The third-order valence-electron chi connectivity index (χ3n) is 2.82. The fourth-order valence-electron chi connectivity index (χ4n) is 1.36. The lowest BCUT2D eigenvalue weighted by Gasteiger charge is -2.18. The number of hydrogen-bond acceptors (Lipinski definition) is 4. The molecule has 0 fully saturated rings. The molecule has 1 aromatic carbocycles. The van der Waals surface area contributed by atoms with E-state index in [1.54, 1.807) is 0 Å². The molecule has 1 atom stereocenters. The van der Waals surface area contributed by atoms with Crippen molar-refractivity contribution in [3.63, 3.8) is 0 Å². The number of carbonyl (C=O) groups is 1. The number of carboxylic acids is 1. The predicted molar refractivity (Wildman–Crippen MR) is 68.0 cm³/mol. The quantitative estimate of drug-likeness (QED) is 0.620. The summed E-state index contributed by atoms with van der Waals surface area (Å²) in [5.74, 6) is -0.830. The van der Waals surface area contributed by atoms with Gasteiger partial charge in [-0.15, -0.1) is 0 Å². The molecular formula is C12H16N2O4.